The molecule has 0 aromatic carbocycles. The van der Waals surface area contributed by atoms with E-state index in [1.54, 1.807) is 0 Å². The second-order valence-electron chi connectivity index (χ2n) is 19.1. The Morgan fingerprint density at radius 1 is 0.484 bits per heavy atom. The van der Waals surface area contributed by atoms with Crippen LogP contribution in [0.1, 0.15) is 251 Å². The van der Waals surface area contributed by atoms with E-state index in [9.17, 15) is 19.5 Å². The molecule has 0 heterocycles. The zero-order chi connectivity index (χ0) is 45.6. The van der Waals surface area contributed by atoms with Crippen molar-refractivity contribution < 1.29 is 38.2 Å². The van der Waals surface area contributed by atoms with E-state index < -0.39 is 18.1 Å². The van der Waals surface area contributed by atoms with Crippen molar-refractivity contribution >= 4 is 17.9 Å². The second kappa shape index (κ2) is 45.4. The maximum atomic E-state index is 12.8. The van der Waals surface area contributed by atoms with Crippen LogP contribution in [-0.4, -0.2) is 75.5 Å². The molecule has 0 saturated carbocycles. The molecule has 2 unspecified atom stereocenters. The van der Waals surface area contributed by atoms with Crippen LogP contribution in [0.25, 0.3) is 0 Å². The summed E-state index contributed by atoms with van der Waals surface area (Å²) in [7, 11) is 5.42. The number of likely N-dealkylation sites (N-methyl/N-ethyl adjacent to an activating group) is 1. The van der Waals surface area contributed by atoms with Gasteiger partial charge in [-0.05, 0) is 44.9 Å². The number of carboxylic acids is 1. The Morgan fingerprint density at radius 3 is 1.24 bits per heavy atom. The third kappa shape index (κ3) is 43.1. The van der Waals surface area contributed by atoms with Gasteiger partial charge in [0.1, 0.15) is 12.6 Å². The molecule has 8 heteroatoms. The summed E-state index contributed by atoms with van der Waals surface area (Å²) in [5.41, 5.74) is 0. The average molecular weight is 876 g/mol. The molecule has 0 amide bonds. The van der Waals surface area contributed by atoms with E-state index in [1.165, 1.54) is 167 Å². The Balaban J connectivity index is 4.21. The number of carbonyl (C=O) groups excluding carboxylic acids is 3. The van der Waals surface area contributed by atoms with Crippen LogP contribution in [0.2, 0.25) is 0 Å². The van der Waals surface area contributed by atoms with E-state index in [2.05, 4.69) is 38.2 Å². The summed E-state index contributed by atoms with van der Waals surface area (Å²) in [5.74, 6) is -1.73. The van der Waals surface area contributed by atoms with Crippen LogP contribution in [0.4, 0.5) is 0 Å². The van der Waals surface area contributed by atoms with Crippen molar-refractivity contribution in [3.05, 3.63) is 24.3 Å². The SMILES string of the molecule is CCCCCCCCCC/C=C/C/C=C/CCCCCCCCCC(=O)OCC(COCCC(C(=O)[O-])[N+](C)(C)C)OC(=O)CCCCCCCCCCCCCCCCCC. The number of hydrogen-bond acceptors (Lipinski definition) is 7. The van der Waals surface area contributed by atoms with Gasteiger partial charge in [-0.3, -0.25) is 9.59 Å². The highest BCUT2D eigenvalue weighted by Gasteiger charge is 2.25. The molecule has 0 rings (SSSR count). The lowest BCUT2D eigenvalue weighted by Gasteiger charge is -2.34. The van der Waals surface area contributed by atoms with Crippen LogP contribution in [0.15, 0.2) is 24.3 Å². The first-order valence-corrected chi connectivity index (χ1v) is 26.4. The number of carbonyl (C=O) groups is 3. The van der Waals surface area contributed by atoms with E-state index in [0.717, 1.165) is 51.4 Å². The highest BCUT2D eigenvalue weighted by atomic mass is 16.6. The predicted octanol–water partition coefficient (Wildman–Crippen LogP) is 13.9. The number of rotatable bonds is 48. The van der Waals surface area contributed by atoms with E-state index in [-0.39, 0.29) is 42.7 Å². The zero-order valence-electron chi connectivity index (χ0n) is 41.6. The highest BCUT2D eigenvalue weighted by molar-refractivity contribution is 5.70. The van der Waals surface area contributed by atoms with Crippen molar-refractivity contribution in [3.63, 3.8) is 0 Å². The van der Waals surface area contributed by atoms with Crippen molar-refractivity contribution in [2.24, 2.45) is 0 Å². The highest BCUT2D eigenvalue weighted by Crippen LogP contribution is 2.16. The summed E-state index contributed by atoms with van der Waals surface area (Å²) in [4.78, 5) is 37.0. The first kappa shape index (κ1) is 59.8. The van der Waals surface area contributed by atoms with Gasteiger partial charge in [-0.15, -0.1) is 0 Å². The van der Waals surface area contributed by atoms with Gasteiger partial charge >= 0.3 is 11.9 Å². The summed E-state index contributed by atoms with van der Waals surface area (Å²) < 4.78 is 17.3. The van der Waals surface area contributed by atoms with Crippen molar-refractivity contribution in [1.29, 1.82) is 0 Å². The maximum absolute atomic E-state index is 12.8. The van der Waals surface area contributed by atoms with Gasteiger partial charge in [0, 0.05) is 19.3 Å². The fraction of sp³-hybridized carbons (Fsp3) is 0.870. The normalized spacial score (nSPS) is 13.0. The zero-order valence-corrected chi connectivity index (χ0v) is 41.6. The summed E-state index contributed by atoms with van der Waals surface area (Å²) in [6, 6.07) is -0.725. The monoisotopic (exact) mass is 876 g/mol. The van der Waals surface area contributed by atoms with Gasteiger partial charge in [-0.25, -0.2) is 0 Å². The number of nitrogens with zero attached hydrogens (tertiary/aromatic N) is 1. The molecule has 0 aliphatic rings. The first-order chi connectivity index (χ1) is 30.1. The molecule has 0 spiro atoms. The van der Waals surface area contributed by atoms with Crippen LogP contribution < -0.4 is 5.11 Å². The molecule has 0 fully saturated rings. The number of esters is 2. The number of ether oxygens (including phenoxy) is 3. The van der Waals surface area contributed by atoms with E-state index in [0.29, 0.717) is 12.8 Å². The minimum Gasteiger partial charge on any atom is -0.544 e. The minimum atomic E-state index is -1.12. The van der Waals surface area contributed by atoms with Crippen LogP contribution in [0.5, 0.6) is 0 Å². The van der Waals surface area contributed by atoms with Gasteiger partial charge in [0.15, 0.2) is 6.10 Å². The Labute approximate surface area is 383 Å². The fourth-order valence-electron chi connectivity index (χ4n) is 7.99. The van der Waals surface area contributed by atoms with Gasteiger partial charge < -0.3 is 28.6 Å². The molecule has 364 valence electrons. The lowest BCUT2D eigenvalue weighted by atomic mass is 10.0. The van der Waals surface area contributed by atoms with Crippen molar-refractivity contribution in [2.75, 3.05) is 41.0 Å². The number of unbranched alkanes of at least 4 members (excludes halogenated alkanes) is 30. The van der Waals surface area contributed by atoms with Crippen LogP contribution in [-0.2, 0) is 28.6 Å². The lowest BCUT2D eigenvalue weighted by Crippen LogP contribution is -2.55. The lowest BCUT2D eigenvalue weighted by molar-refractivity contribution is -0.889. The second-order valence-corrected chi connectivity index (χ2v) is 19.1. The fourth-order valence-corrected chi connectivity index (χ4v) is 7.99. The molecule has 8 nitrogen and oxygen atoms in total. The van der Waals surface area contributed by atoms with Gasteiger partial charge in [-0.2, -0.15) is 0 Å². The molecule has 62 heavy (non-hydrogen) atoms. The number of allylic oxidation sites excluding steroid dienone is 4. The van der Waals surface area contributed by atoms with Crippen LogP contribution in [0.3, 0.4) is 0 Å². The summed E-state index contributed by atoms with van der Waals surface area (Å²) in [6.45, 7) is 4.69. The topological polar surface area (TPSA) is 102 Å². The first-order valence-electron chi connectivity index (χ1n) is 26.4. The van der Waals surface area contributed by atoms with Crippen LogP contribution in [0, 0.1) is 0 Å². The number of quaternary nitrogens is 1. The van der Waals surface area contributed by atoms with Crippen molar-refractivity contribution in [1.82, 2.24) is 0 Å². The molecule has 0 aromatic rings. The smallest absolute Gasteiger partial charge is 0.306 e. The van der Waals surface area contributed by atoms with E-state index in [4.69, 9.17) is 14.2 Å². The molecule has 0 N–H and O–H groups in total. The molecule has 0 aromatic heterocycles. The Morgan fingerprint density at radius 2 is 0.855 bits per heavy atom. The Kier molecular flexibility index (Phi) is 43.8. The van der Waals surface area contributed by atoms with Gasteiger partial charge in [-0.1, -0.05) is 212 Å². The Hall–Kier alpha value is -2.19. The third-order valence-electron chi connectivity index (χ3n) is 12.1. The molecule has 0 aliphatic carbocycles. The molecule has 0 bridgehead atoms. The quantitative estimate of drug-likeness (QED) is 0.0260. The molecule has 0 aliphatic heterocycles. The maximum Gasteiger partial charge on any atom is 0.306 e. The van der Waals surface area contributed by atoms with Crippen LogP contribution >= 0.6 is 0 Å². The number of carboxylic acid groups (broad SMARTS) is 1. The molecule has 2 atom stereocenters. The summed E-state index contributed by atoms with van der Waals surface area (Å²) in [6.07, 6.45) is 52.1. The van der Waals surface area contributed by atoms with E-state index in [1.807, 2.05) is 21.1 Å². The van der Waals surface area contributed by atoms with Gasteiger partial charge in [0.05, 0.1) is 40.3 Å². The molecular formula is C54H101NO7. The summed E-state index contributed by atoms with van der Waals surface area (Å²) in [5, 5.41) is 11.7. The van der Waals surface area contributed by atoms with Crippen molar-refractivity contribution in [3.8, 4) is 0 Å². The molecular weight excluding hydrogens is 775 g/mol. The number of hydrogen-bond donors (Lipinski definition) is 0. The molecule has 0 saturated heterocycles. The predicted molar refractivity (Wildman–Crippen MR) is 259 cm³/mol. The minimum absolute atomic E-state index is 0.0428. The van der Waals surface area contributed by atoms with Gasteiger partial charge in [0.25, 0.3) is 0 Å². The largest absolute Gasteiger partial charge is 0.544 e. The summed E-state index contributed by atoms with van der Waals surface area (Å²) >= 11 is 0. The molecule has 0 radical (unpaired) electrons. The number of aliphatic carboxylic acids is 1. The van der Waals surface area contributed by atoms with Crippen molar-refractivity contribution in [2.45, 2.75) is 264 Å². The Bertz CT molecular complexity index is 1070. The van der Waals surface area contributed by atoms with Gasteiger partial charge in [0.2, 0.25) is 0 Å². The van der Waals surface area contributed by atoms with E-state index >= 15 is 0 Å². The standard InChI is InChI=1S/C54H101NO7/c1-6-8-10-12-14-16-18-20-22-24-25-26-27-28-29-31-32-34-36-38-40-42-44-52(56)61-49-50(48-60-47-46-51(54(58)59)55(3,4)5)62-53(57)45-43-41-39-37-35-33-30-23-21-19-17-15-13-11-9-7-2/h24-25,27-28,50-51H,6-23,26,29-49H2,1-5H3/b25-24+,28-27+. The third-order valence-corrected chi connectivity index (χ3v) is 12.1. The average Bonchev–Trinajstić information content (AvgIpc) is 3.23.